The van der Waals surface area contributed by atoms with Crippen LogP contribution in [0.1, 0.15) is 33.8 Å². The maximum absolute atomic E-state index is 12.6. The number of rotatable bonds is 3. The number of amides is 1. The molecule has 5 nitrogen and oxygen atoms in total. The molecule has 0 fully saturated rings. The fraction of sp³-hybridized carbons (Fsp3) is 0.235. The molecule has 0 aliphatic rings. The van der Waals surface area contributed by atoms with Gasteiger partial charge < -0.3 is 9.88 Å². The van der Waals surface area contributed by atoms with E-state index in [4.69, 9.17) is 0 Å². The molecule has 2 heterocycles. The molecule has 3 rings (SSSR count). The predicted molar refractivity (Wildman–Crippen MR) is 91.9 cm³/mol. The van der Waals surface area contributed by atoms with Crippen molar-refractivity contribution in [1.29, 1.82) is 0 Å². The average Bonchev–Trinajstić information content (AvgIpc) is 2.89. The fourth-order valence-corrected chi connectivity index (χ4v) is 3.56. The van der Waals surface area contributed by atoms with Gasteiger partial charge in [-0.05, 0) is 25.0 Å². The van der Waals surface area contributed by atoms with Crippen LogP contribution in [0.5, 0.6) is 0 Å². The van der Waals surface area contributed by atoms with Crippen LogP contribution in [0.3, 0.4) is 0 Å². The summed E-state index contributed by atoms with van der Waals surface area (Å²) in [7, 11) is 1.66. The lowest BCUT2D eigenvalue weighted by atomic mass is 10.1. The second-order valence-corrected chi connectivity index (χ2v) is 6.50. The summed E-state index contributed by atoms with van der Waals surface area (Å²) in [5.41, 5.74) is 1.60. The van der Waals surface area contributed by atoms with Gasteiger partial charge in [0, 0.05) is 7.05 Å². The smallest absolute Gasteiger partial charge is 0.262 e. The summed E-state index contributed by atoms with van der Waals surface area (Å²) in [6.45, 7) is 3.73. The molecule has 0 spiro atoms. The predicted octanol–water partition coefficient (Wildman–Crippen LogP) is 2.79. The molecule has 1 amide bonds. The molecule has 1 unspecified atom stereocenters. The zero-order valence-electron chi connectivity index (χ0n) is 13.2. The second kappa shape index (κ2) is 5.96. The molecule has 23 heavy (non-hydrogen) atoms. The van der Waals surface area contributed by atoms with Crippen LogP contribution in [0.2, 0.25) is 0 Å². The molecule has 3 aromatic rings. The fourth-order valence-electron chi connectivity index (χ4n) is 2.51. The summed E-state index contributed by atoms with van der Waals surface area (Å²) in [5, 5.41) is 3.51. The van der Waals surface area contributed by atoms with Crippen LogP contribution in [0.25, 0.3) is 10.2 Å². The minimum atomic E-state index is -0.177. The van der Waals surface area contributed by atoms with Crippen LogP contribution < -0.4 is 10.9 Å². The van der Waals surface area contributed by atoms with Crippen LogP contribution in [0, 0.1) is 6.92 Å². The van der Waals surface area contributed by atoms with Gasteiger partial charge in [0.25, 0.3) is 11.5 Å². The van der Waals surface area contributed by atoms with Gasteiger partial charge in [0.15, 0.2) is 0 Å². The summed E-state index contributed by atoms with van der Waals surface area (Å²) in [4.78, 5) is 30.2. The number of aromatic nitrogens is 2. The van der Waals surface area contributed by atoms with E-state index in [2.05, 4.69) is 10.3 Å². The highest BCUT2D eigenvalue weighted by molar-refractivity contribution is 7.20. The third kappa shape index (κ3) is 2.77. The number of carbonyl (C=O) groups excluding carboxylic acids is 1. The molecule has 1 atom stereocenters. The Labute approximate surface area is 137 Å². The lowest BCUT2D eigenvalue weighted by Crippen LogP contribution is -2.26. The lowest BCUT2D eigenvalue weighted by molar-refractivity contribution is 0.0943. The van der Waals surface area contributed by atoms with Gasteiger partial charge in [-0.1, -0.05) is 30.3 Å². The van der Waals surface area contributed by atoms with Gasteiger partial charge in [0.1, 0.15) is 4.83 Å². The van der Waals surface area contributed by atoms with E-state index in [1.54, 1.807) is 14.0 Å². The van der Waals surface area contributed by atoms with Crippen LogP contribution >= 0.6 is 11.3 Å². The van der Waals surface area contributed by atoms with E-state index in [9.17, 15) is 9.59 Å². The number of carbonyl (C=O) groups is 1. The topological polar surface area (TPSA) is 64.0 Å². The van der Waals surface area contributed by atoms with Crippen LogP contribution in [-0.4, -0.2) is 15.5 Å². The van der Waals surface area contributed by atoms with E-state index in [-0.39, 0.29) is 17.5 Å². The van der Waals surface area contributed by atoms with E-state index < -0.39 is 0 Å². The first-order valence-corrected chi connectivity index (χ1v) is 8.11. The first-order valence-electron chi connectivity index (χ1n) is 7.29. The first-order chi connectivity index (χ1) is 11.0. The third-order valence-corrected chi connectivity index (χ3v) is 5.06. The molecule has 2 aromatic heterocycles. The number of hydrogen-bond acceptors (Lipinski definition) is 4. The van der Waals surface area contributed by atoms with Crippen molar-refractivity contribution in [3.8, 4) is 0 Å². The van der Waals surface area contributed by atoms with E-state index in [1.165, 1.54) is 22.2 Å². The number of thiophene rings is 1. The first kappa shape index (κ1) is 15.4. The van der Waals surface area contributed by atoms with E-state index in [1.807, 2.05) is 37.3 Å². The largest absolute Gasteiger partial charge is 0.345 e. The maximum Gasteiger partial charge on any atom is 0.262 e. The van der Waals surface area contributed by atoms with Crippen LogP contribution in [0.4, 0.5) is 0 Å². The number of fused-ring (bicyclic) bond motifs is 1. The third-order valence-electron chi connectivity index (χ3n) is 3.86. The maximum atomic E-state index is 12.6. The monoisotopic (exact) mass is 327 g/mol. The van der Waals surface area contributed by atoms with Gasteiger partial charge in [-0.2, -0.15) is 0 Å². The van der Waals surface area contributed by atoms with Crippen molar-refractivity contribution in [3.05, 3.63) is 63.0 Å². The molecule has 6 heteroatoms. The van der Waals surface area contributed by atoms with Crippen molar-refractivity contribution in [2.75, 3.05) is 0 Å². The molecule has 0 saturated heterocycles. The van der Waals surface area contributed by atoms with Crippen molar-refractivity contribution in [3.63, 3.8) is 0 Å². The minimum absolute atomic E-state index is 0.107. The Balaban J connectivity index is 1.94. The zero-order valence-corrected chi connectivity index (χ0v) is 14.0. The summed E-state index contributed by atoms with van der Waals surface area (Å²) in [5.74, 6) is -0.177. The lowest BCUT2D eigenvalue weighted by Gasteiger charge is -2.13. The number of benzene rings is 1. The molecule has 0 radical (unpaired) electrons. The van der Waals surface area contributed by atoms with Gasteiger partial charge >= 0.3 is 0 Å². The Bertz CT molecular complexity index is 928. The Hall–Kier alpha value is -2.47. The number of aryl methyl sites for hydroxylation is 2. The molecule has 0 aliphatic carbocycles. The SMILES string of the molecule is Cc1c(C(=O)NC(C)c2ccccc2)sc2ncn(C)c(=O)c12. The summed E-state index contributed by atoms with van der Waals surface area (Å²) in [6, 6.07) is 9.66. The second-order valence-electron chi connectivity index (χ2n) is 5.50. The average molecular weight is 327 g/mol. The number of nitrogens with one attached hydrogen (secondary N) is 1. The van der Waals surface area contributed by atoms with Gasteiger partial charge in [-0.15, -0.1) is 11.3 Å². The summed E-state index contributed by atoms with van der Waals surface area (Å²) < 4.78 is 1.43. The van der Waals surface area contributed by atoms with Crippen LogP contribution in [0.15, 0.2) is 41.5 Å². The Morgan fingerprint density at radius 3 is 2.70 bits per heavy atom. The summed E-state index contributed by atoms with van der Waals surface area (Å²) >= 11 is 1.26. The molecule has 0 saturated carbocycles. The van der Waals surface area contributed by atoms with Crippen molar-refractivity contribution in [1.82, 2.24) is 14.9 Å². The quantitative estimate of drug-likeness (QED) is 0.804. The van der Waals surface area contributed by atoms with Crippen molar-refractivity contribution in [2.24, 2.45) is 7.05 Å². The Morgan fingerprint density at radius 2 is 2.00 bits per heavy atom. The van der Waals surface area contributed by atoms with Crippen molar-refractivity contribution in [2.45, 2.75) is 19.9 Å². The molecular formula is C17H17N3O2S. The van der Waals surface area contributed by atoms with Crippen LogP contribution in [-0.2, 0) is 7.05 Å². The minimum Gasteiger partial charge on any atom is -0.345 e. The highest BCUT2D eigenvalue weighted by Crippen LogP contribution is 2.27. The Morgan fingerprint density at radius 1 is 1.30 bits per heavy atom. The molecule has 0 bridgehead atoms. The van der Waals surface area contributed by atoms with E-state index in [0.29, 0.717) is 20.7 Å². The van der Waals surface area contributed by atoms with Gasteiger partial charge in [0.05, 0.1) is 22.6 Å². The Kier molecular flexibility index (Phi) is 4.00. The molecule has 1 N–H and O–H groups in total. The van der Waals surface area contributed by atoms with Gasteiger partial charge in [0.2, 0.25) is 0 Å². The van der Waals surface area contributed by atoms with Crippen molar-refractivity contribution < 1.29 is 4.79 Å². The normalized spacial score (nSPS) is 12.3. The summed E-state index contributed by atoms with van der Waals surface area (Å²) in [6.07, 6.45) is 1.48. The highest BCUT2D eigenvalue weighted by Gasteiger charge is 2.20. The molecule has 118 valence electrons. The van der Waals surface area contributed by atoms with E-state index in [0.717, 1.165) is 5.56 Å². The highest BCUT2D eigenvalue weighted by atomic mass is 32.1. The van der Waals surface area contributed by atoms with Gasteiger partial charge in [-0.25, -0.2) is 4.98 Å². The van der Waals surface area contributed by atoms with E-state index >= 15 is 0 Å². The number of nitrogens with zero attached hydrogens (tertiary/aromatic N) is 2. The standard InChI is InChI=1S/C17H17N3O2S/c1-10-13-16(18-9-20(3)17(13)22)23-14(10)15(21)19-11(2)12-7-5-4-6-8-12/h4-9,11H,1-3H3,(H,19,21). The molecule has 0 aliphatic heterocycles. The molecule has 1 aromatic carbocycles. The zero-order chi connectivity index (χ0) is 16.6. The number of hydrogen-bond donors (Lipinski definition) is 1. The molecular weight excluding hydrogens is 310 g/mol. The van der Waals surface area contributed by atoms with Gasteiger partial charge in [-0.3, -0.25) is 9.59 Å². The van der Waals surface area contributed by atoms with Crippen molar-refractivity contribution >= 4 is 27.5 Å².